The van der Waals surface area contributed by atoms with Gasteiger partial charge in [0.1, 0.15) is 34.0 Å². The molecular weight excluding hydrogens is 842 g/mol. The summed E-state index contributed by atoms with van der Waals surface area (Å²) in [5.74, 6) is 2.37. The number of aromatic nitrogens is 4. The maximum atomic E-state index is 5.25. The van der Waals surface area contributed by atoms with Crippen LogP contribution in [0.4, 0.5) is 11.6 Å². The van der Waals surface area contributed by atoms with Crippen LogP contribution in [-0.2, 0) is 9.47 Å². The van der Waals surface area contributed by atoms with Gasteiger partial charge in [-0.05, 0) is 88.2 Å². The van der Waals surface area contributed by atoms with Crippen molar-refractivity contribution in [1.29, 1.82) is 0 Å². The largest absolute Gasteiger partial charge is 0.380 e. The zero-order valence-corrected chi connectivity index (χ0v) is 31.3. The average molecular weight is 877 g/mol. The Bertz CT molecular complexity index is 1840. The van der Waals surface area contributed by atoms with E-state index >= 15 is 0 Å². The van der Waals surface area contributed by atoms with E-state index in [-0.39, 0.29) is 12.1 Å². The molecule has 238 valence electrons. The van der Waals surface area contributed by atoms with Gasteiger partial charge in [-0.2, -0.15) is 0 Å². The summed E-state index contributed by atoms with van der Waals surface area (Å²) in [6.45, 7) is 7.94. The molecule has 12 heteroatoms. The number of benzene rings is 2. The number of ether oxygens (including phenoxy) is 2. The van der Waals surface area contributed by atoms with Crippen LogP contribution in [0.3, 0.4) is 0 Å². The van der Waals surface area contributed by atoms with Gasteiger partial charge in [0.2, 0.25) is 0 Å². The van der Waals surface area contributed by atoms with E-state index in [9.17, 15) is 0 Å². The number of hydrogen-bond donors (Lipinski definition) is 2. The molecule has 2 aromatic carbocycles. The smallest absolute Gasteiger partial charge is 0.138 e. The molecule has 6 heterocycles. The van der Waals surface area contributed by atoms with E-state index in [1.54, 1.807) is 35.3 Å². The normalized spacial score (nSPS) is 15.8. The second-order valence-corrected chi connectivity index (χ2v) is 15.8. The molecule has 0 spiro atoms. The number of anilines is 2. The first-order chi connectivity index (χ1) is 22.4. The number of nitrogens with one attached hydrogen (secondary N) is 2. The molecular formula is C34H34I2N6O2S2. The van der Waals surface area contributed by atoms with E-state index in [0.29, 0.717) is 5.92 Å². The van der Waals surface area contributed by atoms with Gasteiger partial charge in [0, 0.05) is 21.6 Å². The van der Waals surface area contributed by atoms with Crippen molar-refractivity contribution in [3.8, 4) is 0 Å². The van der Waals surface area contributed by atoms with Crippen molar-refractivity contribution in [2.75, 3.05) is 37.1 Å². The van der Waals surface area contributed by atoms with Crippen molar-refractivity contribution in [3.05, 3.63) is 104 Å². The molecule has 0 radical (unpaired) electrons. The number of rotatable bonds is 7. The first kappa shape index (κ1) is 33.4. The highest BCUT2D eigenvalue weighted by atomic mass is 127. The van der Waals surface area contributed by atoms with Crippen LogP contribution >= 0.6 is 67.9 Å². The number of alkyl halides is 1. The maximum Gasteiger partial charge on any atom is 0.138 e. The van der Waals surface area contributed by atoms with Crippen LogP contribution in [0.5, 0.6) is 0 Å². The minimum atomic E-state index is 0.199. The predicted molar refractivity (Wildman–Crippen MR) is 207 cm³/mol. The molecule has 0 aliphatic carbocycles. The van der Waals surface area contributed by atoms with Crippen molar-refractivity contribution in [1.82, 2.24) is 19.9 Å². The predicted octanol–water partition coefficient (Wildman–Crippen LogP) is 9.27. The zero-order chi connectivity index (χ0) is 31.9. The Labute approximate surface area is 304 Å². The molecule has 2 atom stereocenters. The van der Waals surface area contributed by atoms with Gasteiger partial charge in [-0.1, -0.05) is 59.0 Å². The minimum Gasteiger partial charge on any atom is -0.380 e. The first-order valence-corrected chi connectivity index (χ1v) is 19.1. The highest BCUT2D eigenvalue weighted by Crippen LogP contribution is 2.30. The van der Waals surface area contributed by atoms with Gasteiger partial charge in [-0.3, -0.25) is 0 Å². The number of hydrogen-bond acceptors (Lipinski definition) is 10. The van der Waals surface area contributed by atoms with E-state index in [0.717, 1.165) is 62.4 Å². The molecule has 0 amide bonds. The number of fused-ring (bicyclic) bond motifs is 2. The molecule has 2 N–H and O–H groups in total. The van der Waals surface area contributed by atoms with Gasteiger partial charge < -0.3 is 20.1 Å². The standard InChI is InChI=1S/C17H17N3OS.C14H12IN3S.C3H5IO/c1-11(12-2-4-13(5-3-12)14-8-21-9-14)20-16-15-6-7-22-17(15)19-10-18-16;1-9(10-2-4-11(15)5-3-10)18-13-12-6-7-19-14(12)17-8-16-13;4-3-1-5-2-3/h2-7,10-11,14H,8-9H2,1H3,(H,18,19,20);2-9H,1H3,(H,16,17,18);3H,1-2H2. The molecule has 4 aromatic heterocycles. The van der Waals surface area contributed by atoms with Crippen LogP contribution in [-0.4, -0.2) is 50.3 Å². The fourth-order valence-electron chi connectivity index (χ4n) is 4.83. The lowest BCUT2D eigenvalue weighted by Crippen LogP contribution is -2.26. The molecule has 2 unspecified atom stereocenters. The summed E-state index contributed by atoms with van der Waals surface area (Å²) in [7, 11) is 0. The van der Waals surface area contributed by atoms with Crippen LogP contribution in [0.2, 0.25) is 0 Å². The Morgan fingerprint density at radius 2 is 1.13 bits per heavy atom. The van der Waals surface area contributed by atoms with E-state index < -0.39 is 0 Å². The van der Waals surface area contributed by atoms with Gasteiger partial charge in [0.25, 0.3) is 0 Å². The molecule has 0 bridgehead atoms. The molecule has 6 aromatic rings. The Morgan fingerprint density at radius 3 is 1.54 bits per heavy atom. The lowest BCUT2D eigenvalue weighted by atomic mass is 9.95. The SMILES string of the molecule is CC(Nc1ncnc2sccc12)c1ccc(C2COC2)cc1.CC(Nc1ncnc2sccc12)c1ccc(I)cc1.IC1COC1. The lowest BCUT2D eigenvalue weighted by molar-refractivity contribution is 0.00841. The quantitative estimate of drug-likeness (QED) is 0.121. The van der Waals surface area contributed by atoms with E-state index in [4.69, 9.17) is 9.47 Å². The fraction of sp³-hybridized carbons (Fsp3) is 0.294. The molecule has 2 aliphatic heterocycles. The van der Waals surface area contributed by atoms with E-state index in [1.807, 2.05) is 10.8 Å². The van der Waals surface area contributed by atoms with Gasteiger partial charge in [-0.15, -0.1) is 22.7 Å². The lowest BCUT2D eigenvalue weighted by Gasteiger charge is -2.26. The molecule has 8 rings (SSSR count). The Kier molecular flexibility index (Phi) is 11.7. The van der Waals surface area contributed by atoms with E-state index in [2.05, 4.69) is 150 Å². The Balaban J connectivity index is 0.000000141. The Hall–Kier alpha value is -2.50. The summed E-state index contributed by atoms with van der Waals surface area (Å²) in [4.78, 5) is 19.3. The third kappa shape index (κ3) is 8.50. The van der Waals surface area contributed by atoms with Crippen molar-refractivity contribution >= 4 is 99.9 Å². The fourth-order valence-corrected chi connectivity index (χ4v) is 7.16. The van der Waals surface area contributed by atoms with Gasteiger partial charge in [-0.25, -0.2) is 19.9 Å². The van der Waals surface area contributed by atoms with Crippen LogP contribution in [0, 0.1) is 3.57 Å². The monoisotopic (exact) mass is 876 g/mol. The number of nitrogens with zero attached hydrogens (tertiary/aromatic N) is 4. The average Bonchev–Trinajstić information content (AvgIpc) is 3.72. The third-order valence-electron chi connectivity index (χ3n) is 7.74. The number of halogens is 2. The first-order valence-electron chi connectivity index (χ1n) is 15.0. The van der Waals surface area contributed by atoms with Gasteiger partial charge >= 0.3 is 0 Å². The molecule has 2 aliphatic rings. The molecule has 8 nitrogen and oxygen atoms in total. The van der Waals surface area contributed by atoms with Crippen molar-refractivity contribution in [2.45, 2.75) is 35.8 Å². The summed E-state index contributed by atoms with van der Waals surface area (Å²) >= 11 is 7.95. The second kappa shape index (κ2) is 16.1. The van der Waals surface area contributed by atoms with Crippen molar-refractivity contribution < 1.29 is 9.47 Å². The highest BCUT2D eigenvalue weighted by Gasteiger charge is 2.20. The minimum absolute atomic E-state index is 0.199. The number of thiophene rings is 2. The summed E-state index contributed by atoms with van der Waals surface area (Å²) < 4.78 is 12.1. The van der Waals surface area contributed by atoms with E-state index in [1.165, 1.54) is 20.3 Å². The maximum absolute atomic E-state index is 5.25. The van der Waals surface area contributed by atoms with Crippen LogP contribution < -0.4 is 10.6 Å². The summed E-state index contributed by atoms with van der Waals surface area (Å²) in [6, 6.07) is 21.9. The van der Waals surface area contributed by atoms with Crippen LogP contribution in [0.15, 0.2) is 84.1 Å². The zero-order valence-electron chi connectivity index (χ0n) is 25.4. The highest BCUT2D eigenvalue weighted by molar-refractivity contribution is 14.1. The van der Waals surface area contributed by atoms with Gasteiger partial charge in [0.05, 0.1) is 41.1 Å². The van der Waals surface area contributed by atoms with Gasteiger partial charge in [0.15, 0.2) is 0 Å². The second-order valence-electron chi connectivity index (χ2n) is 11.0. The summed E-state index contributed by atoms with van der Waals surface area (Å²) in [5.41, 5.74) is 3.87. The molecule has 46 heavy (non-hydrogen) atoms. The summed E-state index contributed by atoms with van der Waals surface area (Å²) in [6.07, 6.45) is 3.23. The topological polar surface area (TPSA) is 94.1 Å². The molecule has 0 saturated carbocycles. The Morgan fingerprint density at radius 1 is 0.674 bits per heavy atom. The van der Waals surface area contributed by atoms with Crippen LogP contribution in [0.1, 0.15) is 48.5 Å². The summed E-state index contributed by atoms with van der Waals surface area (Å²) in [5, 5.41) is 13.2. The molecule has 2 fully saturated rings. The van der Waals surface area contributed by atoms with Crippen LogP contribution in [0.25, 0.3) is 20.4 Å². The van der Waals surface area contributed by atoms with Crippen molar-refractivity contribution in [3.63, 3.8) is 0 Å². The van der Waals surface area contributed by atoms with Crippen molar-refractivity contribution in [2.24, 2.45) is 0 Å². The molecule has 2 saturated heterocycles. The third-order valence-corrected chi connectivity index (χ3v) is 10.8.